The predicted octanol–water partition coefficient (Wildman–Crippen LogP) is 3.35. The van der Waals surface area contributed by atoms with Gasteiger partial charge in [-0.3, -0.25) is 4.79 Å². The smallest absolute Gasteiger partial charge is 0.341 e. The minimum atomic E-state index is -0.468. The first-order valence-corrected chi connectivity index (χ1v) is 8.52. The van der Waals surface area contributed by atoms with Crippen molar-refractivity contribution >= 4 is 11.9 Å². The summed E-state index contributed by atoms with van der Waals surface area (Å²) in [5.41, 5.74) is 4.76. The second-order valence-electron chi connectivity index (χ2n) is 6.23. The second kappa shape index (κ2) is 9.04. The third-order valence-corrected chi connectivity index (χ3v) is 4.28. The van der Waals surface area contributed by atoms with Gasteiger partial charge in [-0.15, -0.1) is 0 Å². The molecule has 0 atom stereocenters. The van der Waals surface area contributed by atoms with Gasteiger partial charge < -0.3 is 14.8 Å². The third-order valence-electron chi connectivity index (χ3n) is 4.28. The molecule has 1 N–H and O–H groups in total. The molecule has 26 heavy (non-hydrogen) atoms. The SMILES string of the molecule is COC(=O)c1cc(CNC(=O)CCc2ccc(C)cc2C)ccc1OC. The van der Waals surface area contributed by atoms with Gasteiger partial charge in [0.15, 0.2) is 0 Å². The normalized spacial score (nSPS) is 10.3. The first-order chi connectivity index (χ1) is 12.4. The van der Waals surface area contributed by atoms with Crippen LogP contribution in [0.2, 0.25) is 0 Å². The Bertz CT molecular complexity index is 799. The summed E-state index contributed by atoms with van der Waals surface area (Å²) in [6.07, 6.45) is 1.12. The lowest BCUT2D eigenvalue weighted by molar-refractivity contribution is -0.121. The predicted molar refractivity (Wildman–Crippen MR) is 100 cm³/mol. The molecule has 138 valence electrons. The van der Waals surface area contributed by atoms with Crippen LogP contribution < -0.4 is 10.1 Å². The zero-order chi connectivity index (χ0) is 19.1. The van der Waals surface area contributed by atoms with E-state index in [2.05, 4.69) is 37.4 Å². The van der Waals surface area contributed by atoms with Crippen LogP contribution in [0.3, 0.4) is 0 Å². The molecule has 0 aliphatic rings. The van der Waals surface area contributed by atoms with Crippen LogP contribution in [0.4, 0.5) is 0 Å². The maximum absolute atomic E-state index is 12.1. The van der Waals surface area contributed by atoms with Crippen LogP contribution in [0.1, 0.15) is 39.0 Å². The van der Waals surface area contributed by atoms with Gasteiger partial charge in [0, 0.05) is 13.0 Å². The number of amides is 1. The summed E-state index contributed by atoms with van der Waals surface area (Å²) in [4.78, 5) is 23.9. The summed E-state index contributed by atoms with van der Waals surface area (Å²) in [5.74, 6) is -0.0490. The summed E-state index contributed by atoms with van der Waals surface area (Å²) in [5, 5.41) is 2.89. The number of hydrogen-bond donors (Lipinski definition) is 1. The van der Waals surface area contributed by atoms with Crippen molar-refractivity contribution in [1.29, 1.82) is 0 Å². The minimum Gasteiger partial charge on any atom is -0.496 e. The van der Waals surface area contributed by atoms with Crippen LogP contribution in [-0.2, 0) is 22.5 Å². The van der Waals surface area contributed by atoms with E-state index in [9.17, 15) is 9.59 Å². The number of nitrogens with one attached hydrogen (secondary N) is 1. The van der Waals surface area contributed by atoms with Crippen molar-refractivity contribution in [2.45, 2.75) is 33.2 Å². The lowest BCUT2D eigenvalue weighted by Gasteiger charge is -2.11. The first kappa shape index (κ1) is 19.5. The minimum absolute atomic E-state index is 0.0274. The van der Waals surface area contributed by atoms with E-state index in [-0.39, 0.29) is 5.91 Å². The Hall–Kier alpha value is -2.82. The van der Waals surface area contributed by atoms with Crippen LogP contribution in [0, 0.1) is 13.8 Å². The fourth-order valence-electron chi connectivity index (χ4n) is 2.80. The van der Waals surface area contributed by atoms with Crippen LogP contribution in [-0.4, -0.2) is 26.1 Å². The second-order valence-corrected chi connectivity index (χ2v) is 6.23. The molecule has 0 saturated heterocycles. The largest absolute Gasteiger partial charge is 0.496 e. The Morgan fingerprint density at radius 1 is 1.04 bits per heavy atom. The number of esters is 1. The topological polar surface area (TPSA) is 64.6 Å². The van der Waals surface area contributed by atoms with Gasteiger partial charge in [-0.25, -0.2) is 4.79 Å². The van der Waals surface area contributed by atoms with Crippen LogP contribution >= 0.6 is 0 Å². The summed E-state index contributed by atoms with van der Waals surface area (Å²) in [6.45, 7) is 4.46. The van der Waals surface area contributed by atoms with E-state index in [0.29, 0.717) is 30.7 Å². The highest BCUT2D eigenvalue weighted by Crippen LogP contribution is 2.21. The molecule has 5 heteroatoms. The lowest BCUT2D eigenvalue weighted by Crippen LogP contribution is -2.23. The number of carbonyl (C=O) groups excluding carboxylic acids is 2. The molecule has 2 rings (SSSR count). The van der Waals surface area contributed by atoms with Crippen molar-refractivity contribution in [3.63, 3.8) is 0 Å². The van der Waals surface area contributed by atoms with E-state index in [1.165, 1.54) is 30.9 Å². The van der Waals surface area contributed by atoms with Gasteiger partial charge in [0.05, 0.1) is 14.2 Å². The van der Waals surface area contributed by atoms with E-state index < -0.39 is 5.97 Å². The van der Waals surface area contributed by atoms with E-state index in [4.69, 9.17) is 9.47 Å². The van der Waals surface area contributed by atoms with Gasteiger partial charge in [-0.05, 0) is 49.1 Å². The number of aryl methyl sites for hydroxylation is 3. The number of ether oxygens (including phenoxy) is 2. The van der Waals surface area contributed by atoms with Crippen molar-refractivity contribution in [1.82, 2.24) is 5.32 Å². The van der Waals surface area contributed by atoms with E-state index in [1.54, 1.807) is 12.1 Å². The zero-order valence-electron chi connectivity index (χ0n) is 15.7. The Labute approximate surface area is 154 Å². The first-order valence-electron chi connectivity index (χ1n) is 8.52. The average Bonchev–Trinajstić information content (AvgIpc) is 2.64. The highest BCUT2D eigenvalue weighted by molar-refractivity contribution is 5.92. The molecule has 0 bridgehead atoms. The van der Waals surface area contributed by atoms with Crippen molar-refractivity contribution < 1.29 is 19.1 Å². The molecule has 0 saturated carbocycles. The zero-order valence-corrected chi connectivity index (χ0v) is 15.7. The van der Waals surface area contributed by atoms with Gasteiger partial charge >= 0.3 is 5.97 Å². The van der Waals surface area contributed by atoms with Crippen molar-refractivity contribution in [3.05, 3.63) is 64.2 Å². The maximum atomic E-state index is 12.1. The number of carbonyl (C=O) groups is 2. The lowest BCUT2D eigenvalue weighted by atomic mass is 10.0. The summed E-state index contributed by atoms with van der Waals surface area (Å²) >= 11 is 0. The number of methoxy groups -OCH3 is 2. The molecule has 0 radical (unpaired) electrons. The molecular weight excluding hydrogens is 330 g/mol. The fourth-order valence-corrected chi connectivity index (χ4v) is 2.80. The van der Waals surface area contributed by atoms with Gasteiger partial charge in [-0.1, -0.05) is 29.8 Å². The molecule has 0 unspecified atom stereocenters. The number of rotatable bonds is 7. The van der Waals surface area contributed by atoms with Gasteiger partial charge in [0.2, 0.25) is 5.91 Å². The molecule has 1 amide bonds. The molecule has 0 aliphatic heterocycles. The van der Waals surface area contributed by atoms with Crippen molar-refractivity contribution in [3.8, 4) is 5.75 Å². The van der Waals surface area contributed by atoms with Crippen molar-refractivity contribution in [2.24, 2.45) is 0 Å². The molecule has 0 heterocycles. The Kier molecular flexibility index (Phi) is 6.78. The number of benzene rings is 2. The van der Waals surface area contributed by atoms with Crippen LogP contribution in [0.25, 0.3) is 0 Å². The maximum Gasteiger partial charge on any atom is 0.341 e. The molecule has 0 aliphatic carbocycles. The Balaban J connectivity index is 1.93. The quantitative estimate of drug-likeness (QED) is 0.774. The molecule has 0 fully saturated rings. The van der Waals surface area contributed by atoms with Gasteiger partial charge in [0.1, 0.15) is 11.3 Å². The highest BCUT2D eigenvalue weighted by atomic mass is 16.5. The summed E-state index contributed by atoms with van der Waals surface area (Å²) in [7, 11) is 2.82. The monoisotopic (exact) mass is 355 g/mol. The molecule has 5 nitrogen and oxygen atoms in total. The van der Waals surface area contributed by atoms with E-state index in [0.717, 1.165) is 5.56 Å². The molecule has 0 aromatic heterocycles. The fraction of sp³-hybridized carbons (Fsp3) is 0.333. The Morgan fingerprint density at radius 2 is 1.81 bits per heavy atom. The average molecular weight is 355 g/mol. The van der Waals surface area contributed by atoms with Crippen molar-refractivity contribution in [2.75, 3.05) is 14.2 Å². The highest BCUT2D eigenvalue weighted by Gasteiger charge is 2.13. The van der Waals surface area contributed by atoms with Crippen LogP contribution in [0.5, 0.6) is 5.75 Å². The Morgan fingerprint density at radius 3 is 2.46 bits per heavy atom. The summed E-state index contributed by atoms with van der Waals surface area (Å²) in [6, 6.07) is 11.4. The van der Waals surface area contributed by atoms with Gasteiger partial charge in [-0.2, -0.15) is 0 Å². The van der Waals surface area contributed by atoms with E-state index >= 15 is 0 Å². The molecule has 0 spiro atoms. The molecular formula is C21H25NO4. The number of hydrogen-bond acceptors (Lipinski definition) is 4. The van der Waals surface area contributed by atoms with E-state index in [1.807, 2.05) is 6.07 Å². The molecule has 2 aromatic rings. The van der Waals surface area contributed by atoms with Crippen LogP contribution in [0.15, 0.2) is 36.4 Å². The van der Waals surface area contributed by atoms with Gasteiger partial charge in [0.25, 0.3) is 0 Å². The summed E-state index contributed by atoms with van der Waals surface area (Å²) < 4.78 is 9.93. The standard InChI is InChI=1S/C21H25NO4/c1-14-5-7-17(15(2)11-14)8-10-20(23)22-13-16-6-9-19(25-3)18(12-16)21(24)26-4/h5-7,9,11-12H,8,10,13H2,1-4H3,(H,22,23). The third kappa shape index (κ3) is 5.09. The molecule has 2 aromatic carbocycles.